The predicted molar refractivity (Wildman–Crippen MR) is 140 cm³/mol. The Bertz CT molecular complexity index is 935. The third-order valence-electron chi connectivity index (χ3n) is 6.46. The number of carbonyl (C=O) groups is 1. The maximum atomic E-state index is 12.0. The van der Waals surface area contributed by atoms with Gasteiger partial charge in [0.2, 0.25) is 0 Å². The number of nitrogens with zero attached hydrogens (tertiary/aromatic N) is 1. The van der Waals surface area contributed by atoms with Crippen LogP contribution in [-0.2, 0) is 24.3 Å². The van der Waals surface area contributed by atoms with Gasteiger partial charge in [0.25, 0.3) is 0 Å². The summed E-state index contributed by atoms with van der Waals surface area (Å²) in [4.78, 5) is 14.3. The highest BCUT2D eigenvalue weighted by molar-refractivity contribution is 6.30. The summed E-state index contributed by atoms with van der Waals surface area (Å²) < 4.78 is 0. The van der Waals surface area contributed by atoms with Crippen LogP contribution in [0.3, 0.4) is 0 Å². The van der Waals surface area contributed by atoms with E-state index in [2.05, 4.69) is 4.90 Å². The number of carboxylic acids is 1. The number of rotatable bonds is 10. The van der Waals surface area contributed by atoms with E-state index in [1.165, 1.54) is 0 Å². The molecule has 6 nitrogen and oxygen atoms in total. The molecule has 3 atom stereocenters. The van der Waals surface area contributed by atoms with Crippen LogP contribution in [0.25, 0.3) is 0 Å². The van der Waals surface area contributed by atoms with Crippen molar-refractivity contribution < 1.29 is 20.1 Å². The first-order valence-electron chi connectivity index (χ1n) is 10.9. The van der Waals surface area contributed by atoms with Crippen molar-refractivity contribution in [1.29, 1.82) is 0 Å². The minimum absolute atomic E-state index is 0. The third kappa shape index (κ3) is 7.51. The Hall–Kier alpha value is -1.48. The molecule has 2 aromatic rings. The number of benzene rings is 2. The number of aliphatic hydroxyl groups is 1. The monoisotopic (exact) mass is 528 g/mol. The number of carboxylic acid groups (broad SMARTS) is 1. The summed E-state index contributed by atoms with van der Waals surface area (Å²) in [6, 6.07) is 13.1. The van der Waals surface area contributed by atoms with E-state index < -0.39 is 17.3 Å². The number of fused-ring (bicyclic) bond motifs is 1. The van der Waals surface area contributed by atoms with Crippen LogP contribution in [0.1, 0.15) is 42.4 Å². The zero-order valence-corrected chi connectivity index (χ0v) is 21.3. The molecule has 3 rings (SSSR count). The number of halogens is 3. The lowest BCUT2D eigenvalue weighted by Gasteiger charge is -2.40. The van der Waals surface area contributed by atoms with Crippen LogP contribution in [0.2, 0.25) is 10.8 Å². The van der Waals surface area contributed by atoms with E-state index in [1.807, 2.05) is 30.3 Å². The van der Waals surface area contributed by atoms with Crippen molar-refractivity contribution in [3.8, 4) is 5.75 Å². The minimum atomic E-state index is -1.56. The largest absolute Gasteiger partial charge is 0.508 e. The second-order valence-corrected chi connectivity index (χ2v) is 9.14. The highest BCUT2D eigenvalue weighted by atomic mass is 35.5. The van der Waals surface area contributed by atoms with Crippen LogP contribution in [0.4, 0.5) is 0 Å². The van der Waals surface area contributed by atoms with Gasteiger partial charge in [0.15, 0.2) is 0 Å². The van der Waals surface area contributed by atoms with Crippen molar-refractivity contribution in [2.45, 2.75) is 62.6 Å². The van der Waals surface area contributed by atoms with E-state index in [-0.39, 0.29) is 49.6 Å². The number of phenols is 1. The van der Waals surface area contributed by atoms with Gasteiger partial charge in [-0.15, -0.1) is 24.8 Å². The first-order chi connectivity index (χ1) is 15.2. The molecule has 1 aliphatic heterocycles. The summed E-state index contributed by atoms with van der Waals surface area (Å²) in [7, 11) is 6.15. The second-order valence-electron chi connectivity index (χ2n) is 8.70. The lowest BCUT2D eigenvalue weighted by molar-refractivity contribution is -0.144. The summed E-state index contributed by atoms with van der Waals surface area (Å²) in [5.41, 5.74) is 8.04. The molecule has 0 amide bonds. The van der Waals surface area contributed by atoms with Crippen molar-refractivity contribution in [1.82, 2.24) is 4.90 Å². The molecule has 2 radical (unpaired) electrons. The fraction of sp³-hybridized carbons (Fsp3) is 0.458. The Labute approximate surface area is 219 Å². The number of nitrogens with two attached hydrogens (primary N) is 1. The Morgan fingerprint density at radius 3 is 2.50 bits per heavy atom. The molecule has 3 unspecified atom stereocenters. The van der Waals surface area contributed by atoms with E-state index >= 15 is 0 Å². The standard InChI is InChI=1S/C24H30BClN2O4.2ClH/c25-22(2-1-11-29)24(27,23(31)32)10-9-20-12-17-5-8-21(30)13-18(17)15-28(20)14-16-3-6-19(26)7-4-16;;/h3-8,13,20,22,29-30H,1-2,9-12,14-15,27H2,(H,31,32);2*1H. The second kappa shape index (κ2) is 13.6. The SMILES string of the molecule is Cl.Cl.[B]C(CCCO)C(N)(CCC1Cc2ccc(O)cc2CN1Cc1ccc(Cl)cc1)C(=O)O. The van der Waals surface area contributed by atoms with Crippen LogP contribution in [-0.4, -0.2) is 52.2 Å². The molecule has 34 heavy (non-hydrogen) atoms. The summed E-state index contributed by atoms with van der Waals surface area (Å²) >= 11 is 6.02. The smallest absolute Gasteiger partial charge is 0.323 e. The fourth-order valence-electron chi connectivity index (χ4n) is 4.41. The zero-order chi connectivity index (χ0) is 23.3. The van der Waals surface area contributed by atoms with Crippen LogP contribution in [0, 0.1) is 0 Å². The summed E-state index contributed by atoms with van der Waals surface area (Å²) in [5, 5.41) is 29.5. The average Bonchev–Trinajstić information content (AvgIpc) is 2.77. The molecule has 186 valence electrons. The van der Waals surface area contributed by atoms with Gasteiger partial charge in [-0.1, -0.05) is 36.2 Å². The summed E-state index contributed by atoms with van der Waals surface area (Å²) in [6.45, 7) is 1.25. The molecule has 0 bridgehead atoms. The van der Waals surface area contributed by atoms with Gasteiger partial charge in [0, 0.05) is 30.8 Å². The first kappa shape index (κ1) is 30.6. The van der Waals surface area contributed by atoms with Crippen LogP contribution in [0.15, 0.2) is 42.5 Å². The number of phenolic OH excluding ortho intramolecular Hbond substituents is 1. The van der Waals surface area contributed by atoms with Crippen molar-refractivity contribution >= 4 is 50.2 Å². The lowest BCUT2D eigenvalue weighted by Crippen LogP contribution is -2.53. The number of hydrogen-bond donors (Lipinski definition) is 4. The number of aliphatic hydroxyl groups excluding tert-OH is 1. The molecule has 1 heterocycles. The van der Waals surface area contributed by atoms with Crippen molar-refractivity contribution in [2.24, 2.45) is 5.73 Å². The molecule has 0 aliphatic carbocycles. The third-order valence-corrected chi connectivity index (χ3v) is 6.71. The van der Waals surface area contributed by atoms with E-state index in [4.69, 9.17) is 30.3 Å². The van der Waals surface area contributed by atoms with Gasteiger partial charge in [-0.2, -0.15) is 0 Å². The predicted octanol–water partition coefficient (Wildman–Crippen LogP) is 4.11. The molecule has 0 spiro atoms. The van der Waals surface area contributed by atoms with E-state index in [0.29, 0.717) is 37.4 Å². The van der Waals surface area contributed by atoms with Gasteiger partial charge in [-0.25, -0.2) is 0 Å². The topological polar surface area (TPSA) is 107 Å². The summed E-state index contributed by atoms with van der Waals surface area (Å²) in [6.07, 6.45) is 2.27. The highest BCUT2D eigenvalue weighted by Gasteiger charge is 2.40. The molecule has 0 saturated heterocycles. The van der Waals surface area contributed by atoms with Crippen LogP contribution < -0.4 is 5.73 Å². The minimum Gasteiger partial charge on any atom is -0.508 e. The van der Waals surface area contributed by atoms with E-state index in [1.54, 1.807) is 12.1 Å². The maximum Gasteiger partial charge on any atom is 0.323 e. The Morgan fingerprint density at radius 1 is 1.21 bits per heavy atom. The quantitative estimate of drug-likeness (QED) is 0.345. The Kier molecular flexibility index (Phi) is 12.2. The maximum absolute atomic E-state index is 12.0. The molecule has 2 aromatic carbocycles. The molecular formula is C24H32BCl3N2O4. The Balaban J connectivity index is 0.00000289. The van der Waals surface area contributed by atoms with E-state index in [9.17, 15) is 15.0 Å². The van der Waals surface area contributed by atoms with Gasteiger partial charge in [0.1, 0.15) is 11.3 Å². The molecule has 0 saturated carbocycles. The van der Waals surface area contributed by atoms with Crippen molar-refractivity contribution in [3.05, 3.63) is 64.2 Å². The Morgan fingerprint density at radius 2 is 1.88 bits per heavy atom. The van der Waals surface area contributed by atoms with Crippen molar-refractivity contribution in [3.63, 3.8) is 0 Å². The number of aliphatic carboxylic acids is 1. The lowest BCUT2D eigenvalue weighted by atomic mass is 9.66. The highest BCUT2D eigenvalue weighted by Crippen LogP contribution is 2.34. The van der Waals surface area contributed by atoms with Gasteiger partial charge in [-0.05, 0) is 72.5 Å². The van der Waals surface area contributed by atoms with Crippen LogP contribution >= 0.6 is 36.4 Å². The molecule has 1 aliphatic rings. The molecule has 10 heteroatoms. The average molecular weight is 530 g/mol. The van der Waals surface area contributed by atoms with Gasteiger partial charge >= 0.3 is 5.97 Å². The molecular weight excluding hydrogens is 497 g/mol. The van der Waals surface area contributed by atoms with Crippen molar-refractivity contribution in [2.75, 3.05) is 6.61 Å². The zero-order valence-electron chi connectivity index (χ0n) is 18.9. The molecule has 0 aromatic heterocycles. The number of hydrogen-bond acceptors (Lipinski definition) is 5. The van der Waals surface area contributed by atoms with Gasteiger partial charge < -0.3 is 21.1 Å². The van der Waals surface area contributed by atoms with Gasteiger partial charge in [-0.3, -0.25) is 9.69 Å². The van der Waals surface area contributed by atoms with Gasteiger partial charge in [0.05, 0.1) is 7.85 Å². The normalized spacial score (nSPS) is 18.0. The molecule has 5 N–H and O–H groups in total. The number of aromatic hydroxyl groups is 1. The summed E-state index contributed by atoms with van der Waals surface area (Å²) in [5.74, 6) is -1.63. The van der Waals surface area contributed by atoms with Crippen LogP contribution in [0.5, 0.6) is 5.75 Å². The fourth-order valence-corrected chi connectivity index (χ4v) is 4.53. The van der Waals surface area contributed by atoms with E-state index in [0.717, 1.165) is 23.1 Å². The first-order valence-corrected chi connectivity index (χ1v) is 11.3. The molecule has 0 fully saturated rings.